The molecule has 5 rings (SSSR count). The summed E-state index contributed by atoms with van der Waals surface area (Å²) < 4.78 is 8.46. The van der Waals surface area contributed by atoms with Gasteiger partial charge in [0.25, 0.3) is 0 Å². The van der Waals surface area contributed by atoms with Gasteiger partial charge in [-0.25, -0.2) is 9.98 Å². The SMILES string of the molecule is CC(C)COc1ccc(Cl)cc1C1CCCC(n2c(-c3ccccc3C#N)nc3cnc(C(N)=NC=N)cc32)C1. The summed E-state index contributed by atoms with van der Waals surface area (Å²) in [7, 11) is 0. The maximum atomic E-state index is 9.89. The van der Waals surface area contributed by atoms with E-state index >= 15 is 0 Å². The van der Waals surface area contributed by atoms with Gasteiger partial charge in [-0.3, -0.25) is 10.4 Å². The van der Waals surface area contributed by atoms with E-state index in [1.54, 1.807) is 6.20 Å². The first-order valence-corrected chi connectivity index (χ1v) is 13.9. The zero-order chi connectivity index (χ0) is 28.2. The first-order chi connectivity index (χ1) is 19.4. The Kier molecular flexibility index (Phi) is 8.13. The summed E-state index contributed by atoms with van der Waals surface area (Å²) in [6.45, 7) is 4.92. The van der Waals surface area contributed by atoms with Crippen molar-refractivity contribution < 1.29 is 4.74 Å². The smallest absolute Gasteiger partial charge is 0.151 e. The number of rotatable bonds is 8. The average molecular weight is 554 g/mol. The number of nitrogens with zero attached hydrogens (tertiary/aromatic N) is 5. The van der Waals surface area contributed by atoms with E-state index in [-0.39, 0.29) is 17.8 Å². The van der Waals surface area contributed by atoms with Gasteiger partial charge in [0.1, 0.15) is 29.1 Å². The fraction of sp³-hybridized carbons (Fsp3) is 0.323. The molecule has 0 radical (unpaired) electrons. The van der Waals surface area contributed by atoms with Crippen LogP contribution in [0.1, 0.15) is 68.3 Å². The normalized spacial score (nSPS) is 17.6. The number of benzene rings is 2. The summed E-state index contributed by atoms with van der Waals surface area (Å²) in [5.41, 5.74) is 10.6. The Labute approximate surface area is 239 Å². The number of aromatic nitrogens is 3. The molecule has 1 fully saturated rings. The van der Waals surface area contributed by atoms with Gasteiger partial charge < -0.3 is 15.0 Å². The summed E-state index contributed by atoms with van der Waals surface area (Å²) >= 11 is 6.48. The van der Waals surface area contributed by atoms with E-state index < -0.39 is 0 Å². The highest BCUT2D eigenvalue weighted by atomic mass is 35.5. The Morgan fingerprint density at radius 3 is 2.88 bits per heavy atom. The van der Waals surface area contributed by atoms with Crippen LogP contribution in [0.3, 0.4) is 0 Å². The Morgan fingerprint density at radius 2 is 2.10 bits per heavy atom. The molecule has 0 spiro atoms. The molecule has 204 valence electrons. The highest BCUT2D eigenvalue weighted by Crippen LogP contribution is 2.45. The maximum absolute atomic E-state index is 9.89. The summed E-state index contributed by atoms with van der Waals surface area (Å²) in [6, 6.07) is 17.7. The molecule has 1 aliphatic carbocycles. The van der Waals surface area contributed by atoms with Gasteiger partial charge >= 0.3 is 0 Å². The van der Waals surface area contributed by atoms with Crippen LogP contribution in [-0.2, 0) is 0 Å². The van der Waals surface area contributed by atoms with Crippen LogP contribution in [-0.4, -0.2) is 33.3 Å². The predicted molar refractivity (Wildman–Crippen MR) is 159 cm³/mol. The van der Waals surface area contributed by atoms with E-state index in [9.17, 15) is 5.26 Å². The molecule has 1 saturated carbocycles. The molecule has 2 atom stereocenters. The average Bonchev–Trinajstić information content (AvgIpc) is 3.35. The van der Waals surface area contributed by atoms with Crippen LogP contribution >= 0.6 is 11.6 Å². The lowest BCUT2D eigenvalue weighted by Gasteiger charge is -2.33. The number of nitriles is 1. The molecule has 2 aromatic carbocycles. The van der Waals surface area contributed by atoms with Crippen molar-refractivity contribution >= 4 is 34.8 Å². The topological polar surface area (TPSA) is 126 Å². The fourth-order valence-electron chi connectivity index (χ4n) is 5.52. The van der Waals surface area contributed by atoms with Crippen LogP contribution in [0.4, 0.5) is 0 Å². The first kappa shape index (κ1) is 27.4. The molecule has 1 aliphatic rings. The third kappa shape index (κ3) is 5.56. The predicted octanol–water partition coefficient (Wildman–Crippen LogP) is 6.87. The minimum atomic E-state index is 0.0959. The molecule has 40 heavy (non-hydrogen) atoms. The van der Waals surface area contributed by atoms with Crippen LogP contribution in [0.25, 0.3) is 22.4 Å². The molecule has 2 aromatic heterocycles. The van der Waals surface area contributed by atoms with Crippen molar-refractivity contribution in [1.82, 2.24) is 14.5 Å². The van der Waals surface area contributed by atoms with E-state index in [1.165, 1.54) is 0 Å². The molecule has 0 aliphatic heterocycles. The number of imidazole rings is 1. The Hall–Kier alpha value is -4.22. The highest BCUT2D eigenvalue weighted by molar-refractivity contribution is 6.30. The zero-order valence-electron chi connectivity index (χ0n) is 22.6. The summed E-state index contributed by atoms with van der Waals surface area (Å²) in [5, 5.41) is 17.9. The zero-order valence-corrected chi connectivity index (χ0v) is 23.4. The van der Waals surface area contributed by atoms with Crippen molar-refractivity contribution in [2.45, 2.75) is 51.5 Å². The largest absolute Gasteiger partial charge is 0.493 e. The minimum absolute atomic E-state index is 0.0959. The third-order valence-corrected chi connectivity index (χ3v) is 7.56. The van der Waals surface area contributed by atoms with E-state index in [0.717, 1.165) is 60.2 Å². The van der Waals surface area contributed by atoms with E-state index in [2.05, 4.69) is 34.5 Å². The molecule has 0 bridgehead atoms. The maximum Gasteiger partial charge on any atom is 0.151 e. The second kappa shape index (κ2) is 11.9. The van der Waals surface area contributed by atoms with E-state index in [1.807, 2.05) is 48.5 Å². The molecule has 0 amide bonds. The second-order valence-electron chi connectivity index (χ2n) is 10.6. The summed E-state index contributed by atoms with van der Waals surface area (Å²) in [5.74, 6) is 2.42. The monoisotopic (exact) mass is 553 g/mol. The molecule has 3 N–H and O–H groups in total. The Bertz CT molecular complexity index is 1620. The van der Waals surface area contributed by atoms with Crippen molar-refractivity contribution in [3.05, 3.63) is 76.6 Å². The van der Waals surface area contributed by atoms with Gasteiger partial charge in [-0.1, -0.05) is 44.0 Å². The highest BCUT2D eigenvalue weighted by Gasteiger charge is 2.30. The number of aliphatic imine (C=N–C) groups is 1. The van der Waals surface area contributed by atoms with Crippen LogP contribution in [0.2, 0.25) is 5.02 Å². The lowest BCUT2D eigenvalue weighted by atomic mass is 9.80. The molecule has 0 saturated heterocycles. The van der Waals surface area contributed by atoms with Gasteiger partial charge in [0.05, 0.1) is 30.0 Å². The standard InChI is InChI=1S/C31H32ClN7O/c1-19(2)17-40-29-11-10-22(32)13-25(29)20-7-5-8-23(12-20)39-28-14-26(30(35)37-18-34)36-16-27(28)38-31(39)24-9-4-3-6-21(24)15-33/h3-4,6,9-11,13-14,16,18-20,23H,5,7-8,12,17H2,1-2H3,(H3,34,35,37). The number of ether oxygens (including phenoxy) is 1. The number of amidine groups is 1. The molecule has 2 heterocycles. The number of nitrogens with two attached hydrogens (primary N) is 1. The Balaban J connectivity index is 1.63. The van der Waals surface area contributed by atoms with Gasteiger partial charge in [0.15, 0.2) is 5.84 Å². The van der Waals surface area contributed by atoms with Crippen LogP contribution in [0, 0.1) is 22.7 Å². The van der Waals surface area contributed by atoms with Crippen molar-refractivity contribution in [2.24, 2.45) is 16.6 Å². The first-order valence-electron chi connectivity index (χ1n) is 13.5. The van der Waals surface area contributed by atoms with Gasteiger partial charge in [0, 0.05) is 16.6 Å². The molecule has 4 aromatic rings. The second-order valence-corrected chi connectivity index (χ2v) is 11.0. The number of pyridine rings is 1. The third-order valence-electron chi connectivity index (χ3n) is 7.33. The van der Waals surface area contributed by atoms with E-state index in [0.29, 0.717) is 34.3 Å². The fourth-order valence-corrected chi connectivity index (χ4v) is 5.70. The van der Waals surface area contributed by atoms with Crippen molar-refractivity contribution in [3.8, 4) is 23.2 Å². The van der Waals surface area contributed by atoms with Gasteiger partial charge in [0.2, 0.25) is 0 Å². The lowest BCUT2D eigenvalue weighted by molar-refractivity contribution is 0.260. The number of halogens is 1. The van der Waals surface area contributed by atoms with Crippen LogP contribution in [0.15, 0.2) is 59.7 Å². The van der Waals surface area contributed by atoms with Gasteiger partial charge in [-0.05, 0) is 73.1 Å². The minimum Gasteiger partial charge on any atom is -0.493 e. The van der Waals surface area contributed by atoms with Crippen molar-refractivity contribution in [1.29, 1.82) is 10.7 Å². The molecular formula is C31H32ClN7O. The van der Waals surface area contributed by atoms with Crippen LogP contribution < -0.4 is 10.5 Å². The van der Waals surface area contributed by atoms with Crippen LogP contribution in [0.5, 0.6) is 5.75 Å². The number of hydrogen-bond donors (Lipinski definition) is 2. The number of fused-ring (bicyclic) bond motifs is 1. The van der Waals surface area contributed by atoms with Gasteiger partial charge in [-0.2, -0.15) is 5.26 Å². The number of nitrogens with one attached hydrogen (secondary N) is 1. The molecule has 8 nitrogen and oxygen atoms in total. The lowest BCUT2D eigenvalue weighted by Crippen LogP contribution is -2.20. The molecular weight excluding hydrogens is 522 g/mol. The quantitative estimate of drug-likeness (QED) is 0.182. The van der Waals surface area contributed by atoms with Gasteiger partial charge in [-0.15, -0.1) is 0 Å². The Morgan fingerprint density at radius 1 is 1.27 bits per heavy atom. The molecule has 2 unspecified atom stereocenters. The van der Waals surface area contributed by atoms with Crippen molar-refractivity contribution in [2.75, 3.05) is 6.61 Å². The summed E-state index contributed by atoms with van der Waals surface area (Å²) in [6.07, 6.45) is 6.43. The summed E-state index contributed by atoms with van der Waals surface area (Å²) in [4.78, 5) is 13.3. The van der Waals surface area contributed by atoms with E-state index in [4.69, 9.17) is 32.5 Å². The number of hydrogen-bond acceptors (Lipinski definition) is 5. The van der Waals surface area contributed by atoms with Crippen molar-refractivity contribution in [3.63, 3.8) is 0 Å². The molecule has 9 heteroatoms.